The highest BCUT2D eigenvalue weighted by atomic mass is 16.5. The van der Waals surface area contributed by atoms with Crippen molar-refractivity contribution >= 4 is 23.3 Å². The molecule has 10 nitrogen and oxygen atoms in total. The summed E-state index contributed by atoms with van der Waals surface area (Å²) in [7, 11) is 2.08. The molecule has 2 aliphatic heterocycles. The number of esters is 1. The van der Waals surface area contributed by atoms with E-state index in [-0.39, 0.29) is 19.1 Å². The average Bonchev–Trinajstić information content (AvgIpc) is 3.30. The van der Waals surface area contributed by atoms with Crippen molar-refractivity contribution in [3.05, 3.63) is 64.8 Å². The summed E-state index contributed by atoms with van der Waals surface area (Å²) in [5, 5.41) is 25.8. The second kappa shape index (κ2) is 11.3. The number of aromatic nitrogens is 2. The Morgan fingerprint density at radius 1 is 1.15 bits per heavy atom. The van der Waals surface area contributed by atoms with Crippen molar-refractivity contribution in [3.8, 4) is 23.4 Å². The Kier molecular flexibility index (Phi) is 7.65. The summed E-state index contributed by atoms with van der Waals surface area (Å²) in [5.41, 5.74) is 5.34. The van der Waals surface area contributed by atoms with Crippen LogP contribution in [0.4, 0.5) is 17.3 Å². The number of anilines is 3. The number of benzene rings is 2. The van der Waals surface area contributed by atoms with Crippen LogP contribution < -0.4 is 10.6 Å². The molecule has 0 amide bonds. The van der Waals surface area contributed by atoms with Crippen LogP contribution in [0.2, 0.25) is 0 Å². The van der Waals surface area contributed by atoms with Crippen LogP contribution in [0.3, 0.4) is 0 Å². The van der Waals surface area contributed by atoms with Crippen LogP contribution in [-0.2, 0) is 14.9 Å². The monoisotopic (exact) mass is 536 g/mol. The standard InChI is InChI=1S/C30H32N8O2/c1-20-4-5-21(15-31)12-26(20)36-29-33-7-6-25(35-29)22-13-23(16-32)28-24(14-22)30(2,18-34-28)19-40-27(39)17-38-10-8-37(3)9-11-38/h4-7,12-14,34H,8-11,17-19H2,1-3H3,(H,33,35,36). The quantitative estimate of drug-likeness (QED) is 0.433. The summed E-state index contributed by atoms with van der Waals surface area (Å²) >= 11 is 0. The van der Waals surface area contributed by atoms with E-state index in [0.717, 1.165) is 54.2 Å². The molecular weight excluding hydrogens is 504 g/mol. The van der Waals surface area contributed by atoms with E-state index in [1.54, 1.807) is 24.4 Å². The van der Waals surface area contributed by atoms with Crippen LogP contribution in [0, 0.1) is 29.6 Å². The minimum Gasteiger partial charge on any atom is -0.464 e. The number of piperazine rings is 1. The molecule has 40 heavy (non-hydrogen) atoms. The zero-order valence-corrected chi connectivity index (χ0v) is 23.0. The summed E-state index contributed by atoms with van der Waals surface area (Å²) in [4.78, 5) is 26.1. The Morgan fingerprint density at radius 3 is 2.70 bits per heavy atom. The first-order valence-electron chi connectivity index (χ1n) is 13.3. The van der Waals surface area contributed by atoms with Gasteiger partial charge in [-0.1, -0.05) is 13.0 Å². The molecule has 0 bridgehead atoms. The molecule has 3 heterocycles. The van der Waals surface area contributed by atoms with Gasteiger partial charge in [0.1, 0.15) is 12.7 Å². The van der Waals surface area contributed by atoms with E-state index in [0.29, 0.717) is 29.3 Å². The second-order valence-corrected chi connectivity index (χ2v) is 10.7. The molecule has 5 rings (SSSR count). The third-order valence-corrected chi connectivity index (χ3v) is 7.63. The summed E-state index contributed by atoms with van der Waals surface area (Å²) in [6.07, 6.45) is 1.66. The first-order valence-corrected chi connectivity index (χ1v) is 13.3. The predicted octanol–water partition coefficient (Wildman–Crippen LogP) is 3.41. The van der Waals surface area contributed by atoms with Gasteiger partial charge in [-0.3, -0.25) is 9.69 Å². The number of rotatable bonds is 7. The number of nitrogens with one attached hydrogen (secondary N) is 2. The van der Waals surface area contributed by atoms with Crippen LogP contribution in [0.25, 0.3) is 11.3 Å². The Morgan fingerprint density at radius 2 is 1.95 bits per heavy atom. The smallest absolute Gasteiger partial charge is 0.320 e. The SMILES string of the molecule is Cc1ccc(C#N)cc1Nc1nccc(-c2cc(C#N)c3c(c2)C(C)(COC(=O)CN2CCN(C)CC2)CN3)n1. The van der Waals surface area contributed by atoms with Crippen LogP contribution in [0.5, 0.6) is 0 Å². The fraction of sp³-hybridized carbons (Fsp3) is 0.367. The lowest BCUT2D eigenvalue weighted by Gasteiger charge is -2.32. The maximum Gasteiger partial charge on any atom is 0.320 e. The molecule has 0 spiro atoms. The van der Waals surface area contributed by atoms with Gasteiger partial charge < -0.3 is 20.3 Å². The zero-order valence-electron chi connectivity index (χ0n) is 23.0. The van der Waals surface area contributed by atoms with E-state index in [4.69, 9.17) is 9.72 Å². The summed E-state index contributed by atoms with van der Waals surface area (Å²) in [6, 6.07) is 15.5. The molecule has 2 N–H and O–H groups in total. The molecule has 3 aromatic rings. The number of carbonyl (C=O) groups excluding carboxylic acids is 1. The van der Waals surface area contributed by atoms with Crippen molar-refractivity contribution in [1.29, 1.82) is 10.5 Å². The first-order chi connectivity index (χ1) is 19.3. The van der Waals surface area contributed by atoms with Gasteiger partial charge in [0, 0.05) is 55.6 Å². The topological polar surface area (TPSA) is 130 Å². The molecule has 2 aromatic carbocycles. The fourth-order valence-corrected chi connectivity index (χ4v) is 5.05. The zero-order chi connectivity index (χ0) is 28.3. The van der Waals surface area contributed by atoms with E-state index in [2.05, 4.69) is 44.6 Å². The molecule has 10 heteroatoms. The highest BCUT2D eigenvalue weighted by molar-refractivity contribution is 5.77. The number of hydrogen-bond acceptors (Lipinski definition) is 10. The highest BCUT2D eigenvalue weighted by Gasteiger charge is 2.38. The predicted molar refractivity (Wildman–Crippen MR) is 152 cm³/mol. The summed E-state index contributed by atoms with van der Waals surface area (Å²) < 4.78 is 5.77. The van der Waals surface area contributed by atoms with Crippen LogP contribution in [-0.4, -0.2) is 78.7 Å². The molecule has 1 atom stereocenters. The lowest BCUT2D eigenvalue weighted by Crippen LogP contribution is -2.46. The molecule has 1 fully saturated rings. The molecule has 0 radical (unpaired) electrons. The fourth-order valence-electron chi connectivity index (χ4n) is 5.05. The molecule has 1 aromatic heterocycles. The number of carbonyl (C=O) groups is 1. The number of nitriles is 2. The normalized spacial score (nSPS) is 18.7. The highest BCUT2D eigenvalue weighted by Crippen LogP contribution is 2.41. The van der Waals surface area contributed by atoms with E-state index in [9.17, 15) is 15.3 Å². The first kappa shape index (κ1) is 27.1. The lowest BCUT2D eigenvalue weighted by molar-refractivity contribution is -0.147. The third-order valence-electron chi connectivity index (χ3n) is 7.63. The van der Waals surface area contributed by atoms with Crippen molar-refractivity contribution in [3.63, 3.8) is 0 Å². The van der Waals surface area contributed by atoms with Crippen molar-refractivity contribution in [1.82, 2.24) is 19.8 Å². The number of ether oxygens (including phenoxy) is 1. The van der Waals surface area contributed by atoms with Crippen LogP contribution in [0.15, 0.2) is 42.6 Å². The summed E-state index contributed by atoms with van der Waals surface area (Å²) in [5.74, 6) is 0.145. The van der Waals surface area contributed by atoms with E-state index in [1.807, 2.05) is 32.0 Å². The maximum absolute atomic E-state index is 12.7. The summed E-state index contributed by atoms with van der Waals surface area (Å²) in [6.45, 7) is 8.59. The minimum atomic E-state index is -0.502. The Bertz CT molecular complexity index is 1520. The van der Waals surface area contributed by atoms with Gasteiger partial charge in [0.2, 0.25) is 5.95 Å². The molecule has 2 aliphatic rings. The third kappa shape index (κ3) is 5.74. The van der Waals surface area contributed by atoms with Crippen molar-refractivity contribution in [2.24, 2.45) is 0 Å². The van der Waals surface area contributed by atoms with Gasteiger partial charge in [0.05, 0.1) is 35.1 Å². The van der Waals surface area contributed by atoms with Gasteiger partial charge in [0.15, 0.2) is 0 Å². The van der Waals surface area contributed by atoms with E-state index in [1.165, 1.54) is 0 Å². The average molecular weight is 537 g/mol. The van der Waals surface area contributed by atoms with Crippen molar-refractivity contribution < 1.29 is 9.53 Å². The van der Waals surface area contributed by atoms with E-state index >= 15 is 0 Å². The number of likely N-dealkylation sites (N-methyl/N-ethyl adjacent to an activating group) is 1. The lowest BCUT2D eigenvalue weighted by atomic mass is 9.83. The van der Waals surface area contributed by atoms with Crippen molar-refractivity contribution in [2.45, 2.75) is 19.3 Å². The Labute approximate surface area is 234 Å². The maximum atomic E-state index is 12.7. The number of fused-ring (bicyclic) bond motifs is 1. The van der Waals surface area contributed by atoms with Crippen LogP contribution >= 0.6 is 0 Å². The molecule has 204 valence electrons. The van der Waals surface area contributed by atoms with Gasteiger partial charge in [-0.05, 0) is 55.4 Å². The molecule has 1 unspecified atom stereocenters. The number of nitrogens with zero attached hydrogens (tertiary/aromatic N) is 6. The molecular formula is C30H32N8O2. The van der Waals surface area contributed by atoms with Crippen molar-refractivity contribution in [2.75, 3.05) is 63.6 Å². The minimum absolute atomic E-state index is 0.207. The molecule has 0 aliphatic carbocycles. The molecule has 1 saturated heterocycles. The largest absolute Gasteiger partial charge is 0.464 e. The second-order valence-electron chi connectivity index (χ2n) is 10.7. The van der Waals surface area contributed by atoms with Gasteiger partial charge in [-0.2, -0.15) is 10.5 Å². The molecule has 0 saturated carbocycles. The van der Waals surface area contributed by atoms with E-state index < -0.39 is 5.41 Å². The van der Waals surface area contributed by atoms with Gasteiger partial charge in [-0.15, -0.1) is 0 Å². The number of hydrogen-bond donors (Lipinski definition) is 2. The number of aryl methyl sites for hydroxylation is 1. The van der Waals surface area contributed by atoms with Gasteiger partial charge >= 0.3 is 5.97 Å². The Balaban J connectivity index is 1.36. The van der Waals surface area contributed by atoms with Gasteiger partial charge in [-0.25, -0.2) is 9.97 Å². The Hall–Kier alpha value is -4.51. The van der Waals surface area contributed by atoms with Gasteiger partial charge in [0.25, 0.3) is 0 Å². The van der Waals surface area contributed by atoms with Crippen LogP contribution in [0.1, 0.15) is 29.2 Å².